The third kappa shape index (κ3) is 5.86. The monoisotopic (exact) mass is 461 g/mol. The van der Waals surface area contributed by atoms with E-state index in [1.165, 1.54) is 0 Å². The molecule has 1 saturated carbocycles. The zero-order valence-electron chi connectivity index (χ0n) is 18.3. The Kier molecular flexibility index (Phi) is 7.99. The molecule has 1 aliphatic carbocycles. The van der Waals surface area contributed by atoms with Crippen molar-refractivity contribution in [3.8, 4) is 17.1 Å². The molecule has 176 valence electrons. The van der Waals surface area contributed by atoms with Crippen molar-refractivity contribution in [3.63, 3.8) is 0 Å². The molecule has 11 heteroatoms. The normalized spacial score (nSPS) is 14.2. The lowest BCUT2D eigenvalue weighted by Crippen LogP contribution is -2.39. The maximum atomic E-state index is 12.6. The molecule has 0 unspecified atom stereocenters. The smallest absolute Gasteiger partial charge is 0.261 e. The molecule has 3 heterocycles. The highest BCUT2D eigenvalue weighted by molar-refractivity contribution is 5.62. The number of carbonyl (C=O) groups excluding carboxylic acids is 1. The largest absolute Gasteiger partial charge is 0.472 e. The summed E-state index contributed by atoms with van der Waals surface area (Å²) in [6.45, 7) is 3.31. The lowest BCUT2D eigenvalue weighted by atomic mass is 9.77. The van der Waals surface area contributed by atoms with Crippen LogP contribution in [0, 0.1) is 13.8 Å². The van der Waals surface area contributed by atoms with Crippen molar-refractivity contribution in [1.29, 1.82) is 0 Å². The number of halogens is 2. The summed E-state index contributed by atoms with van der Waals surface area (Å²) in [5, 5.41) is 12.4. The average Bonchev–Trinajstić information content (AvgIpc) is 3.13. The summed E-state index contributed by atoms with van der Waals surface area (Å²) in [7, 11) is 0. The number of pyridine rings is 1. The Morgan fingerprint density at radius 3 is 2.52 bits per heavy atom. The number of ether oxygens (including phenoxy) is 2. The number of rotatable bonds is 8. The highest BCUT2D eigenvalue weighted by Gasteiger charge is 2.42. The van der Waals surface area contributed by atoms with E-state index in [1.54, 1.807) is 18.3 Å². The Hall–Kier alpha value is -3.47. The first kappa shape index (κ1) is 24.2. The summed E-state index contributed by atoms with van der Waals surface area (Å²) in [4.78, 5) is 12.9. The van der Waals surface area contributed by atoms with Gasteiger partial charge in [-0.15, -0.1) is 10.2 Å². The van der Waals surface area contributed by atoms with Crippen LogP contribution in [0.2, 0.25) is 0 Å². The number of aryl methyl sites for hydroxylation is 2. The van der Waals surface area contributed by atoms with Crippen LogP contribution in [0.3, 0.4) is 0 Å². The first-order valence-electron chi connectivity index (χ1n) is 10.3. The number of alkyl halides is 2. The van der Waals surface area contributed by atoms with Gasteiger partial charge in [0.05, 0.1) is 11.3 Å². The molecular weight excluding hydrogens is 436 g/mol. The van der Waals surface area contributed by atoms with Gasteiger partial charge in [-0.2, -0.15) is 0 Å². The topological polar surface area (TPSA) is 126 Å². The molecule has 0 aromatic carbocycles. The quantitative estimate of drug-likeness (QED) is 0.505. The van der Waals surface area contributed by atoms with Crippen molar-refractivity contribution in [2.75, 3.05) is 6.61 Å². The van der Waals surface area contributed by atoms with Crippen molar-refractivity contribution >= 4 is 6.41 Å². The number of nitrogens with zero attached hydrogens (tertiary/aromatic N) is 4. The fourth-order valence-corrected chi connectivity index (χ4v) is 3.38. The van der Waals surface area contributed by atoms with Crippen LogP contribution in [0.25, 0.3) is 11.3 Å². The Morgan fingerprint density at radius 1 is 1.21 bits per heavy atom. The second-order valence-electron chi connectivity index (χ2n) is 7.49. The summed E-state index contributed by atoms with van der Waals surface area (Å²) in [5.74, 6) is 0.958. The van der Waals surface area contributed by atoms with E-state index in [-0.39, 0.29) is 13.0 Å². The van der Waals surface area contributed by atoms with Gasteiger partial charge >= 0.3 is 0 Å². The molecule has 3 aromatic heterocycles. The van der Waals surface area contributed by atoms with Gasteiger partial charge in [-0.05, 0) is 51.3 Å². The van der Waals surface area contributed by atoms with E-state index in [0.717, 1.165) is 23.2 Å². The Bertz CT molecular complexity index is 1040. The first-order chi connectivity index (χ1) is 15.9. The number of amides is 1. The van der Waals surface area contributed by atoms with Gasteiger partial charge in [0.1, 0.15) is 30.3 Å². The summed E-state index contributed by atoms with van der Waals surface area (Å²) in [6, 6.07) is 7.22. The van der Waals surface area contributed by atoms with Crippen molar-refractivity contribution in [3.05, 3.63) is 53.2 Å². The number of carbonyl (C=O) groups is 1. The van der Waals surface area contributed by atoms with Crippen molar-refractivity contribution < 1.29 is 27.6 Å². The Balaban J connectivity index is 0.000000968. The van der Waals surface area contributed by atoms with E-state index in [9.17, 15) is 8.78 Å². The number of nitrogens with two attached hydrogens (primary N) is 1. The van der Waals surface area contributed by atoms with Gasteiger partial charge < -0.3 is 19.7 Å². The predicted octanol–water partition coefficient (Wildman–Crippen LogP) is 3.48. The third-order valence-corrected chi connectivity index (χ3v) is 5.29. The molecule has 0 atom stereocenters. The lowest BCUT2D eigenvalue weighted by Gasteiger charge is -2.40. The number of hydrogen-bond donors (Lipinski definition) is 1. The third-order valence-electron chi connectivity index (χ3n) is 5.29. The van der Waals surface area contributed by atoms with Gasteiger partial charge in [0.15, 0.2) is 0 Å². The predicted molar refractivity (Wildman–Crippen MR) is 113 cm³/mol. The molecule has 4 rings (SSSR count). The molecule has 1 aliphatic rings. The highest BCUT2D eigenvalue weighted by Crippen LogP contribution is 2.44. The molecule has 1 fully saturated rings. The van der Waals surface area contributed by atoms with Gasteiger partial charge in [-0.1, -0.05) is 5.16 Å². The van der Waals surface area contributed by atoms with Crippen LogP contribution in [0.15, 0.2) is 35.0 Å². The molecule has 1 amide bonds. The summed E-state index contributed by atoms with van der Waals surface area (Å²) >= 11 is 0. The molecule has 3 aromatic rings. The fourth-order valence-electron chi connectivity index (χ4n) is 3.38. The molecule has 33 heavy (non-hydrogen) atoms. The SMILES string of the molecule is Cc1ccc(-c2noc(C)c2COc2ccc(C3(OCC(F)F)CCC3)nn2)cn1.NC=O. The van der Waals surface area contributed by atoms with Gasteiger partial charge in [0.25, 0.3) is 6.43 Å². The molecule has 0 bridgehead atoms. The minimum atomic E-state index is -2.51. The summed E-state index contributed by atoms with van der Waals surface area (Å²) < 4.78 is 41.7. The molecule has 0 radical (unpaired) electrons. The second kappa shape index (κ2) is 10.9. The van der Waals surface area contributed by atoms with E-state index in [2.05, 4.69) is 26.1 Å². The Labute approximate surface area is 189 Å². The minimum Gasteiger partial charge on any atom is -0.472 e. The van der Waals surface area contributed by atoms with Crippen LogP contribution in [0.4, 0.5) is 8.78 Å². The molecule has 0 spiro atoms. The average molecular weight is 461 g/mol. The summed E-state index contributed by atoms with van der Waals surface area (Å²) in [5.41, 5.74) is 7.16. The minimum absolute atomic E-state index is 0.194. The van der Waals surface area contributed by atoms with Crippen LogP contribution in [0.5, 0.6) is 5.88 Å². The summed E-state index contributed by atoms with van der Waals surface area (Å²) in [6.07, 6.45) is 1.70. The molecule has 9 nitrogen and oxygen atoms in total. The van der Waals surface area contributed by atoms with E-state index < -0.39 is 18.6 Å². The van der Waals surface area contributed by atoms with Gasteiger partial charge in [-0.25, -0.2) is 8.78 Å². The van der Waals surface area contributed by atoms with Crippen LogP contribution in [-0.2, 0) is 21.7 Å². The Morgan fingerprint density at radius 2 is 1.97 bits per heavy atom. The standard InChI is InChI=1S/C21H22F2N4O3.CH3NO/c1-13-4-5-15(10-24-13)20-16(14(2)30-27-20)11-28-19-7-6-17(25-26-19)21(8-3-9-21)29-12-18(22)23;2-1-3/h4-7,10,18H,3,8-9,11-12H2,1-2H3;1H,(H2,2,3). The number of primary amides is 1. The van der Waals surface area contributed by atoms with Crippen molar-refractivity contribution in [1.82, 2.24) is 20.3 Å². The zero-order valence-corrected chi connectivity index (χ0v) is 18.3. The van der Waals surface area contributed by atoms with Crippen LogP contribution in [0.1, 0.15) is 42.0 Å². The van der Waals surface area contributed by atoms with Crippen molar-refractivity contribution in [2.45, 2.75) is 51.7 Å². The van der Waals surface area contributed by atoms with Crippen LogP contribution >= 0.6 is 0 Å². The van der Waals surface area contributed by atoms with Crippen LogP contribution in [-0.4, -0.2) is 39.8 Å². The fraction of sp³-hybridized carbons (Fsp3) is 0.409. The molecular formula is C22H25F2N5O4. The van der Waals surface area contributed by atoms with Gasteiger partial charge in [0.2, 0.25) is 12.3 Å². The maximum Gasteiger partial charge on any atom is 0.261 e. The van der Waals surface area contributed by atoms with E-state index in [1.807, 2.05) is 26.0 Å². The highest BCUT2D eigenvalue weighted by atomic mass is 19.3. The van der Waals surface area contributed by atoms with E-state index in [0.29, 0.717) is 35.9 Å². The molecule has 2 N–H and O–H groups in total. The first-order valence-corrected chi connectivity index (χ1v) is 10.3. The second-order valence-corrected chi connectivity index (χ2v) is 7.49. The number of hydrogen-bond acceptors (Lipinski definition) is 8. The maximum absolute atomic E-state index is 12.6. The van der Waals surface area contributed by atoms with Crippen LogP contribution < -0.4 is 10.5 Å². The zero-order chi connectivity index (χ0) is 23.8. The number of aromatic nitrogens is 4. The van der Waals surface area contributed by atoms with Gasteiger partial charge in [0, 0.05) is 23.5 Å². The molecule has 0 saturated heterocycles. The van der Waals surface area contributed by atoms with Crippen molar-refractivity contribution in [2.24, 2.45) is 5.73 Å². The van der Waals surface area contributed by atoms with E-state index >= 15 is 0 Å². The molecule has 0 aliphatic heterocycles. The van der Waals surface area contributed by atoms with E-state index in [4.69, 9.17) is 18.8 Å². The lowest BCUT2D eigenvalue weighted by molar-refractivity contribution is -0.139. The van der Waals surface area contributed by atoms with Gasteiger partial charge in [-0.3, -0.25) is 9.78 Å².